The molecule has 1 aromatic heterocycles. The Morgan fingerprint density at radius 2 is 2.24 bits per heavy atom. The lowest BCUT2D eigenvalue weighted by atomic mass is 10.1. The first-order valence-corrected chi connectivity index (χ1v) is 6.74. The number of hydrogen-bond acceptors (Lipinski definition) is 5. The molecule has 0 aliphatic carbocycles. The first kappa shape index (κ1) is 13.6. The lowest BCUT2D eigenvalue weighted by Gasteiger charge is -2.18. The van der Waals surface area contributed by atoms with Gasteiger partial charge in [-0.2, -0.15) is 4.72 Å². The van der Waals surface area contributed by atoms with Crippen LogP contribution in [0.3, 0.4) is 0 Å². The molecule has 1 aromatic rings. The van der Waals surface area contributed by atoms with Gasteiger partial charge in [-0.15, -0.1) is 17.8 Å². The fraction of sp³-hybridized carbons (Fsp3) is 0.333. The molecule has 0 atom stereocenters. The van der Waals surface area contributed by atoms with Crippen molar-refractivity contribution in [1.29, 1.82) is 0 Å². The smallest absolute Gasteiger partial charge is 0.356 e. The van der Waals surface area contributed by atoms with Gasteiger partial charge >= 0.3 is 5.97 Å². The van der Waals surface area contributed by atoms with E-state index in [2.05, 4.69) is 15.6 Å². The molecule has 0 saturated heterocycles. The Hall–Kier alpha value is -1.43. The topological polar surface area (TPSA) is 96.4 Å². The number of aromatic carboxylic acids is 1. The summed E-state index contributed by atoms with van der Waals surface area (Å²) in [7, 11) is -3.98. The number of thiazole rings is 1. The predicted octanol–water partition coefficient (Wildman–Crippen LogP) is 0.531. The van der Waals surface area contributed by atoms with E-state index in [4.69, 9.17) is 11.5 Å². The van der Waals surface area contributed by atoms with Crippen LogP contribution >= 0.6 is 11.3 Å². The van der Waals surface area contributed by atoms with Crippen LogP contribution < -0.4 is 4.72 Å². The summed E-state index contributed by atoms with van der Waals surface area (Å²) < 4.78 is 25.7. The number of carboxylic acid groups (broad SMARTS) is 1. The SMILES string of the molecule is C#CC(C)(C)NS(=O)(=O)c1scnc1C(=O)O. The van der Waals surface area contributed by atoms with Crippen LogP contribution in [0.5, 0.6) is 0 Å². The Kier molecular flexibility index (Phi) is 3.56. The maximum absolute atomic E-state index is 11.9. The van der Waals surface area contributed by atoms with E-state index < -0.39 is 27.2 Å². The molecule has 0 saturated carbocycles. The molecule has 8 heteroatoms. The molecule has 0 bridgehead atoms. The molecule has 17 heavy (non-hydrogen) atoms. The van der Waals surface area contributed by atoms with Crippen molar-refractivity contribution in [3.63, 3.8) is 0 Å². The Morgan fingerprint density at radius 3 is 2.71 bits per heavy atom. The highest BCUT2D eigenvalue weighted by Gasteiger charge is 2.30. The average Bonchev–Trinajstić information content (AvgIpc) is 2.65. The van der Waals surface area contributed by atoms with Crippen molar-refractivity contribution in [1.82, 2.24) is 9.71 Å². The van der Waals surface area contributed by atoms with E-state index in [9.17, 15) is 13.2 Å². The highest BCUT2D eigenvalue weighted by atomic mass is 32.2. The van der Waals surface area contributed by atoms with Crippen molar-refractivity contribution in [2.45, 2.75) is 23.6 Å². The maximum atomic E-state index is 11.9. The fourth-order valence-corrected chi connectivity index (χ4v) is 3.46. The van der Waals surface area contributed by atoms with Gasteiger partial charge in [-0.1, -0.05) is 5.92 Å². The second kappa shape index (κ2) is 4.44. The third-order valence-electron chi connectivity index (χ3n) is 1.73. The third kappa shape index (κ3) is 3.03. The fourth-order valence-electron chi connectivity index (χ4n) is 0.980. The normalized spacial score (nSPS) is 12.1. The Labute approximate surface area is 103 Å². The van der Waals surface area contributed by atoms with E-state index in [0.29, 0.717) is 0 Å². The zero-order valence-electron chi connectivity index (χ0n) is 9.09. The van der Waals surface area contributed by atoms with Gasteiger partial charge in [0.05, 0.1) is 11.0 Å². The molecule has 0 aliphatic heterocycles. The quantitative estimate of drug-likeness (QED) is 0.781. The number of terminal acetylenes is 1. The van der Waals surface area contributed by atoms with Crippen molar-refractivity contribution >= 4 is 27.3 Å². The van der Waals surface area contributed by atoms with Crippen LogP contribution in [0.4, 0.5) is 0 Å². The molecule has 0 amide bonds. The minimum absolute atomic E-state index is 0.353. The van der Waals surface area contributed by atoms with E-state index in [1.165, 1.54) is 13.8 Å². The number of carboxylic acids is 1. The van der Waals surface area contributed by atoms with Gasteiger partial charge in [-0.25, -0.2) is 18.2 Å². The summed E-state index contributed by atoms with van der Waals surface area (Å²) in [5.74, 6) is 0.857. The lowest BCUT2D eigenvalue weighted by Crippen LogP contribution is -2.42. The molecule has 2 N–H and O–H groups in total. The van der Waals surface area contributed by atoms with Gasteiger partial charge in [0, 0.05) is 0 Å². The summed E-state index contributed by atoms with van der Waals surface area (Å²) >= 11 is 0.725. The molecule has 1 rings (SSSR count). The molecule has 6 nitrogen and oxygen atoms in total. The third-order valence-corrected chi connectivity index (χ3v) is 4.76. The standard InChI is InChI=1S/C9H10N2O4S2/c1-4-9(2,3)11-17(14,15)8-6(7(12)13)10-5-16-8/h1,5,11H,2-3H3,(H,12,13). The highest BCUT2D eigenvalue weighted by molar-refractivity contribution is 7.91. The largest absolute Gasteiger partial charge is 0.476 e. The van der Waals surface area contributed by atoms with E-state index in [1.54, 1.807) is 0 Å². The van der Waals surface area contributed by atoms with Gasteiger partial charge in [0.25, 0.3) is 10.0 Å². The van der Waals surface area contributed by atoms with Crippen LogP contribution in [0.2, 0.25) is 0 Å². The van der Waals surface area contributed by atoms with E-state index in [-0.39, 0.29) is 4.21 Å². The van der Waals surface area contributed by atoms with Crippen molar-refractivity contribution in [3.05, 3.63) is 11.2 Å². The van der Waals surface area contributed by atoms with Crippen LogP contribution in [-0.4, -0.2) is 30.0 Å². The average molecular weight is 274 g/mol. The highest BCUT2D eigenvalue weighted by Crippen LogP contribution is 2.21. The molecule has 0 aliphatic rings. The molecule has 0 fully saturated rings. The molecule has 0 spiro atoms. The monoisotopic (exact) mass is 274 g/mol. The van der Waals surface area contributed by atoms with Gasteiger partial charge in [-0.05, 0) is 13.8 Å². The Bertz CT molecular complexity index is 580. The summed E-state index contributed by atoms with van der Waals surface area (Å²) in [6.07, 6.45) is 5.16. The molecule has 1 heterocycles. The minimum Gasteiger partial charge on any atom is -0.476 e. The summed E-state index contributed by atoms with van der Waals surface area (Å²) in [5.41, 5.74) is -0.449. The summed E-state index contributed by atoms with van der Waals surface area (Å²) in [6, 6.07) is 0. The van der Waals surface area contributed by atoms with Crippen LogP contribution in [0, 0.1) is 12.3 Å². The molecular formula is C9H10N2O4S2. The van der Waals surface area contributed by atoms with Gasteiger partial charge in [0.2, 0.25) is 0 Å². The second-order valence-electron chi connectivity index (χ2n) is 3.67. The maximum Gasteiger partial charge on any atom is 0.356 e. The van der Waals surface area contributed by atoms with E-state index in [1.807, 2.05) is 0 Å². The number of nitrogens with one attached hydrogen (secondary N) is 1. The van der Waals surface area contributed by atoms with Crippen LogP contribution in [-0.2, 0) is 10.0 Å². The molecule has 0 radical (unpaired) electrons. The number of aromatic nitrogens is 1. The summed E-state index contributed by atoms with van der Waals surface area (Å²) in [5, 5.41) is 8.79. The minimum atomic E-state index is -3.98. The number of nitrogens with zero attached hydrogens (tertiary/aromatic N) is 1. The van der Waals surface area contributed by atoms with Crippen molar-refractivity contribution in [2.75, 3.05) is 0 Å². The first-order valence-electron chi connectivity index (χ1n) is 4.38. The number of hydrogen-bond donors (Lipinski definition) is 2. The Morgan fingerprint density at radius 1 is 1.65 bits per heavy atom. The predicted molar refractivity (Wildman–Crippen MR) is 62.3 cm³/mol. The van der Waals surface area contributed by atoms with Gasteiger partial charge in [0.1, 0.15) is 0 Å². The number of sulfonamides is 1. The van der Waals surface area contributed by atoms with Gasteiger partial charge in [-0.3, -0.25) is 0 Å². The lowest BCUT2D eigenvalue weighted by molar-refractivity contribution is 0.0687. The molecule has 0 aromatic carbocycles. The van der Waals surface area contributed by atoms with Crippen molar-refractivity contribution < 1.29 is 18.3 Å². The molecule has 92 valence electrons. The van der Waals surface area contributed by atoms with Gasteiger partial charge < -0.3 is 5.11 Å². The zero-order valence-corrected chi connectivity index (χ0v) is 10.7. The molecular weight excluding hydrogens is 264 g/mol. The van der Waals surface area contributed by atoms with Crippen LogP contribution in [0.25, 0.3) is 0 Å². The van der Waals surface area contributed by atoms with E-state index >= 15 is 0 Å². The van der Waals surface area contributed by atoms with Gasteiger partial charge in [0.15, 0.2) is 9.90 Å². The zero-order chi connectivity index (χ0) is 13.3. The van der Waals surface area contributed by atoms with Crippen molar-refractivity contribution in [3.8, 4) is 12.3 Å². The van der Waals surface area contributed by atoms with Crippen molar-refractivity contribution in [2.24, 2.45) is 0 Å². The van der Waals surface area contributed by atoms with Crippen LogP contribution in [0.1, 0.15) is 24.3 Å². The Balaban J connectivity index is 3.20. The molecule has 0 unspecified atom stereocenters. The van der Waals surface area contributed by atoms with Crippen LogP contribution in [0.15, 0.2) is 9.72 Å². The summed E-state index contributed by atoms with van der Waals surface area (Å²) in [6.45, 7) is 2.98. The second-order valence-corrected chi connectivity index (χ2v) is 6.40. The first-order chi connectivity index (χ1) is 7.69. The number of rotatable bonds is 4. The van der Waals surface area contributed by atoms with E-state index in [0.717, 1.165) is 16.8 Å². The number of carbonyl (C=O) groups is 1. The summed E-state index contributed by atoms with van der Waals surface area (Å²) in [4.78, 5) is 14.3.